The molecule has 256 valence electrons. The molecule has 2 unspecified atom stereocenters. The molecule has 6 rings (SSSR count). The van der Waals surface area contributed by atoms with Gasteiger partial charge in [0.2, 0.25) is 11.8 Å². The third-order valence-electron chi connectivity index (χ3n) is 9.61. The first kappa shape index (κ1) is 34.1. The van der Waals surface area contributed by atoms with E-state index in [2.05, 4.69) is 90.1 Å². The van der Waals surface area contributed by atoms with Gasteiger partial charge in [0.25, 0.3) is 0 Å². The van der Waals surface area contributed by atoms with Crippen molar-refractivity contribution in [1.82, 2.24) is 24.7 Å². The van der Waals surface area contributed by atoms with Gasteiger partial charge in [-0.2, -0.15) is 0 Å². The standard InChI is InChI=1S/C39H48N8O2/c1-27(2)18-35-24-46(38(48)36(40)21-28-13-15-30-8-3-5-10-32(30)19-28)34(12-7-17-44-45-25-42-43-26-45)23-47(35)39(49)37(41)22-29-14-16-31-9-4-6-11-33(31)20-29/h3-6,8-11,13-16,19-20,25-27,34-37,44H,7,12,17-18,21-24,40-41H2,1-2H3/t34-,35+,36?,37?/m0/s1. The first-order chi connectivity index (χ1) is 23.7. The van der Waals surface area contributed by atoms with Gasteiger partial charge in [-0.15, -0.1) is 10.2 Å². The lowest BCUT2D eigenvalue weighted by Gasteiger charge is -2.48. The Bertz CT molecular complexity index is 1860. The quantitative estimate of drug-likeness (QED) is 0.158. The van der Waals surface area contributed by atoms with E-state index in [0.29, 0.717) is 44.8 Å². The molecule has 0 bridgehead atoms. The van der Waals surface area contributed by atoms with Crippen LogP contribution in [0, 0.1) is 5.92 Å². The molecule has 1 aliphatic rings. The highest BCUT2D eigenvalue weighted by molar-refractivity contribution is 5.87. The summed E-state index contributed by atoms with van der Waals surface area (Å²) in [6.07, 6.45) is 6.33. The smallest absolute Gasteiger partial charge is 0.240 e. The Hall–Kier alpha value is -4.80. The largest absolute Gasteiger partial charge is 0.335 e. The van der Waals surface area contributed by atoms with Crippen molar-refractivity contribution in [3.8, 4) is 0 Å². The first-order valence-electron chi connectivity index (χ1n) is 17.4. The minimum Gasteiger partial charge on any atom is -0.335 e. The molecule has 5 aromatic rings. The highest BCUT2D eigenvalue weighted by Gasteiger charge is 2.40. The molecule has 0 spiro atoms. The second kappa shape index (κ2) is 15.6. The molecule has 0 aliphatic carbocycles. The fourth-order valence-corrected chi connectivity index (χ4v) is 7.15. The number of carbonyl (C=O) groups is 2. The number of benzene rings is 4. The molecule has 1 saturated heterocycles. The predicted molar refractivity (Wildman–Crippen MR) is 195 cm³/mol. The van der Waals surface area contributed by atoms with Crippen molar-refractivity contribution >= 4 is 33.4 Å². The molecule has 10 heteroatoms. The Morgan fingerprint density at radius 3 is 1.76 bits per heavy atom. The van der Waals surface area contributed by atoms with E-state index < -0.39 is 12.1 Å². The van der Waals surface area contributed by atoms with Crippen LogP contribution in [0.5, 0.6) is 0 Å². The van der Waals surface area contributed by atoms with Crippen LogP contribution in [-0.4, -0.2) is 80.3 Å². The fourth-order valence-electron chi connectivity index (χ4n) is 7.15. The lowest BCUT2D eigenvalue weighted by Crippen LogP contribution is -2.65. The van der Waals surface area contributed by atoms with Crippen molar-refractivity contribution in [1.29, 1.82) is 0 Å². The van der Waals surface area contributed by atoms with Crippen molar-refractivity contribution in [2.75, 3.05) is 25.1 Å². The molecule has 1 aliphatic heterocycles. The van der Waals surface area contributed by atoms with Crippen LogP contribution in [0.15, 0.2) is 97.6 Å². The zero-order valence-electron chi connectivity index (χ0n) is 28.5. The van der Waals surface area contributed by atoms with Crippen LogP contribution in [0.25, 0.3) is 21.5 Å². The third kappa shape index (κ3) is 8.44. The van der Waals surface area contributed by atoms with Gasteiger partial charge in [0.1, 0.15) is 12.7 Å². The van der Waals surface area contributed by atoms with Crippen LogP contribution < -0.4 is 16.9 Å². The summed E-state index contributed by atoms with van der Waals surface area (Å²) in [6.45, 7) is 5.81. The van der Waals surface area contributed by atoms with E-state index in [9.17, 15) is 9.59 Å². The predicted octanol–water partition coefficient (Wildman–Crippen LogP) is 4.50. The maximum atomic E-state index is 14.2. The minimum absolute atomic E-state index is 0.0704. The Morgan fingerprint density at radius 1 is 0.735 bits per heavy atom. The van der Waals surface area contributed by atoms with Crippen molar-refractivity contribution < 1.29 is 9.59 Å². The molecule has 2 amide bonds. The number of fused-ring (bicyclic) bond motifs is 2. The summed E-state index contributed by atoms with van der Waals surface area (Å²) >= 11 is 0. The zero-order valence-corrected chi connectivity index (χ0v) is 28.5. The van der Waals surface area contributed by atoms with Crippen molar-refractivity contribution in [3.05, 3.63) is 109 Å². The number of rotatable bonds is 13. The van der Waals surface area contributed by atoms with Gasteiger partial charge in [0, 0.05) is 31.7 Å². The summed E-state index contributed by atoms with van der Waals surface area (Å²) < 4.78 is 1.71. The summed E-state index contributed by atoms with van der Waals surface area (Å²) in [5.74, 6) is 0.176. The number of carbonyl (C=O) groups excluding carboxylic acids is 2. The monoisotopic (exact) mass is 660 g/mol. The summed E-state index contributed by atoms with van der Waals surface area (Å²) in [6, 6.07) is 27.2. The van der Waals surface area contributed by atoms with Gasteiger partial charge < -0.3 is 26.7 Å². The van der Waals surface area contributed by atoms with E-state index >= 15 is 0 Å². The van der Waals surface area contributed by atoms with Gasteiger partial charge in [-0.3, -0.25) is 9.59 Å². The van der Waals surface area contributed by atoms with E-state index in [4.69, 9.17) is 11.5 Å². The van der Waals surface area contributed by atoms with Crippen molar-refractivity contribution in [3.63, 3.8) is 0 Å². The molecule has 0 radical (unpaired) electrons. The summed E-state index contributed by atoms with van der Waals surface area (Å²) in [7, 11) is 0. The number of nitrogens with two attached hydrogens (primary N) is 2. The molecule has 1 fully saturated rings. The van der Waals surface area contributed by atoms with Gasteiger partial charge in [-0.25, -0.2) is 4.68 Å². The second-order valence-corrected chi connectivity index (χ2v) is 13.8. The van der Waals surface area contributed by atoms with E-state index in [0.717, 1.165) is 45.5 Å². The van der Waals surface area contributed by atoms with Crippen LogP contribution in [0.4, 0.5) is 0 Å². The highest BCUT2D eigenvalue weighted by Crippen LogP contribution is 2.26. The Labute approximate surface area is 288 Å². The van der Waals surface area contributed by atoms with E-state index in [1.165, 1.54) is 0 Å². The van der Waals surface area contributed by atoms with Crippen LogP contribution in [0.2, 0.25) is 0 Å². The molecule has 0 saturated carbocycles. The maximum Gasteiger partial charge on any atom is 0.240 e. The van der Waals surface area contributed by atoms with Crippen LogP contribution in [0.1, 0.15) is 44.2 Å². The maximum absolute atomic E-state index is 14.2. The Balaban J connectivity index is 1.20. The van der Waals surface area contributed by atoms with Crippen molar-refractivity contribution in [2.45, 2.75) is 70.1 Å². The van der Waals surface area contributed by atoms with Crippen LogP contribution >= 0.6 is 0 Å². The molecule has 10 nitrogen and oxygen atoms in total. The van der Waals surface area contributed by atoms with Gasteiger partial charge in [0.15, 0.2) is 0 Å². The number of nitrogens with zero attached hydrogens (tertiary/aromatic N) is 5. The molecular formula is C39H48N8O2. The molecular weight excluding hydrogens is 612 g/mol. The van der Waals surface area contributed by atoms with Crippen molar-refractivity contribution in [2.24, 2.45) is 17.4 Å². The van der Waals surface area contributed by atoms with E-state index in [1.54, 1.807) is 17.3 Å². The topological polar surface area (TPSA) is 135 Å². The molecule has 49 heavy (non-hydrogen) atoms. The number of amides is 2. The highest BCUT2D eigenvalue weighted by atomic mass is 16.2. The van der Waals surface area contributed by atoms with Gasteiger partial charge in [-0.05, 0) is 70.7 Å². The first-order valence-corrected chi connectivity index (χ1v) is 17.4. The third-order valence-corrected chi connectivity index (χ3v) is 9.61. The normalized spacial score (nSPS) is 17.8. The fraction of sp³-hybridized carbons (Fsp3) is 0.385. The molecule has 1 aromatic heterocycles. The van der Waals surface area contributed by atoms with Gasteiger partial charge in [0.05, 0.1) is 12.1 Å². The van der Waals surface area contributed by atoms with Gasteiger partial charge in [-0.1, -0.05) is 98.8 Å². The number of hydrogen-bond donors (Lipinski definition) is 3. The average Bonchev–Trinajstić information content (AvgIpc) is 3.63. The molecule has 4 atom stereocenters. The van der Waals surface area contributed by atoms with Gasteiger partial charge >= 0.3 is 0 Å². The SMILES string of the molecule is CC(C)C[C@@H]1CN(C(=O)C(N)Cc2ccc3ccccc3c2)[C@@H](CCCNn2cnnc2)CN1C(=O)C(N)Cc1ccc2ccccc2c1. The van der Waals surface area contributed by atoms with Crippen LogP contribution in [0.3, 0.4) is 0 Å². The van der Waals surface area contributed by atoms with E-state index in [1.807, 2.05) is 34.1 Å². The second-order valence-electron chi connectivity index (χ2n) is 13.8. The van der Waals surface area contributed by atoms with E-state index in [-0.39, 0.29) is 23.9 Å². The summed E-state index contributed by atoms with van der Waals surface area (Å²) in [5.41, 5.74) is 18.7. The Morgan fingerprint density at radius 2 is 1.22 bits per heavy atom. The molecule has 2 heterocycles. The number of nitrogens with one attached hydrogen (secondary N) is 1. The minimum atomic E-state index is -0.698. The number of hydrogen-bond acceptors (Lipinski definition) is 7. The number of aromatic nitrogens is 3. The number of piperazine rings is 1. The summed E-state index contributed by atoms with van der Waals surface area (Å²) in [5, 5.41) is 12.3. The molecule has 5 N–H and O–H groups in total. The zero-order chi connectivity index (χ0) is 34.3. The summed E-state index contributed by atoms with van der Waals surface area (Å²) in [4.78, 5) is 32.3. The molecule has 4 aromatic carbocycles. The lowest BCUT2D eigenvalue weighted by atomic mass is 9.93. The lowest BCUT2D eigenvalue weighted by molar-refractivity contribution is -0.149. The Kier molecular flexibility index (Phi) is 10.9. The average molecular weight is 661 g/mol. The van der Waals surface area contributed by atoms with Crippen LogP contribution in [-0.2, 0) is 22.4 Å².